The van der Waals surface area contributed by atoms with Gasteiger partial charge in [0.05, 0.1) is 0 Å². The highest BCUT2D eigenvalue weighted by molar-refractivity contribution is 7.89. The van der Waals surface area contributed by atoms with Gasteiger partial charge in [0.25, 0.3) is 0 Å². The van der Waals surface area contributed by atoms with Crippen molar-refractivity contribution in [1.82, 2.24) is 13.8 Å². The zero-order valence-electron chi connectivity index (χ0n) is 12.4. The molecular weight excluding hydrogens is 276 g/mol. The minimum absolute atomic E-state index is 0.0812. The second-order valence-electron chi connectivity index (χ2n) is 5.54. The third-order valence-electron chi connectivity index (χ3n) is 4.17. The molecule has 0 bridgehead atoms. The molecular formula is C13H24N4O2S. The number of sulfonamides is 1. The Morgan fingerprint density at radius 1 is 1.35 bits per heavy atom. The maximum atomic E-state index is 12.7. The Bertz CT molecular complexity index is 559. The van der Waals surface area contributed by atoms with E-state index in [2.05, 4.69) is 11.9 Å². The molecule has 0 unspecified atom stereocenters. The molecule has 1 aromatic rings. The smallest absolute Gasteiger partial charge is 0.244 e. The van der Waals surface area contributed by atoms with Gasteiger partial charge in [-0.15, -0.1) is 0 Å². The van der Waals surface area contributed by atoms with Gasteiger partial charge in [-0.3, -0.25) is 0 Å². The molecule has 0 aromatic carbocycles. The van der Waals surface area contributed by atoms with E-state index in [0.717, 1.165) is 31.6 Å². The number of aryl methyl sites for hydroxylation is 1. The number of aromatic nitrogens is 1. The lowest BCUT2D eigenvalue weighted by Gasteiger charge is -2.34. The van der Waals surface area contributed by atoms with Crippen molar-refractivity contribution in [3.05, 3.63) is 18.0 Å². The van der Waals surface area contributed by atoms with Gasteiger partial charge in [0.15, 0.2) is 0 Å². The predicted octanol–water partition coefficient (Wildman–Crippen LogP) is 0.199. The van der Waals surface area contributed by atoms with E-state index in [4.69, 9.17) is 5.73 Å². The van der Waals surface area contributed by atoms with Crippen LogP contribution in [0.5, 0.6) is 0 Å². The number of nitrogens with two attached hydrogens (primary N) is 1. The van der Waals surface area contributed by atoms with Crippen LogP contribution in [0, 0.1) is 0 Å². The predicted molar refractivity (Wildman–Crippen MR) is 78.8 cm³/mol. The summed E-state index contributed by atoms with van der Waals surface area (Å²) in [6, 6.07) is 1.75. The first kappa shape index (κ1) is 15.5. The van der Waals surface area contributed by atoms with E-state index in [1.54, 1.807) is 23.9 Å². The van der Waals surface area contributed by atoms with Crippen molar-refractivity contribution in [3.63, 3.8) is 0 Å². The van der Waals surface area contributed by atoms with Gasteiger partial charge in [0.1, 0.15) is 4.90 Å². The molecule has 0 spiro atoms. The molecule has 1 fully saturated rings. The van der Waals surface area contributed by atoms with E-state index >= 15 is 0 Å². The van der Waals surface area contributed by atoms with Gasteiger partial charge in [-0.1, -0.05) is 0 Å². The quantitative estimate of drug-likeness (QED) is 0.862. The largest absolute Gasteiger partial charge is 0.352 e. The van der Waals surface area contributed by atoms with Crippen molar-refractivity contribution in [2.75, 3.05) is 27.2 Å². The average molecular weight is 300 g/mol. The van der Waals surface area contributed by atoms with Crippen LogP contribution in [-0.2, 0) is 23.6 Å². The fraction of sp³-hybridized carbons (Fsp3) is 0.692. The van der Waals surface area contributed by atoms with Crippen molar-refractivity contribution in [2.24, 2.45) is 12.8 Å². The summed E-state index contributed by atoms with van der Waals surface area (Å²) in [4.78, 5) is 2.56. The maximum absolute atomic E-state index is 12.7. The molecule has 0 aliphatic carbocycles. The van der Waals surface area contributed by atoms with Crippen molar-refractivity contribution in [1.29, 1.82) is 0 Å². The fourth-order valence-corrected chi connectivity index (χ4v) is 4.15. The lowest BCUT2D eigenvalue weighted by Crippen LogP contribution is -2.44. The molecule has 2 N–H and O–H groups in total. The summed E-state index contributed by atoms with van der Waals surface area (Å²) in [5, 5.41) is 0. The Kier molecular flexibility index (Phi) is 4.53. The highest BCUT2D eigenvalue weighted by Crippen LogP contribution is 2.23. The minimum atomic E-state index is -3.43. The lowest BCUT2D eigenvalue weighted by molar-refractivity contribution is 0.197. The molecule has 0 amide bonds. The SMILES string of the molecule is CN1CCC(N(C)S(=O)(=O)c2cc(CN)n(C)c2)CC1. The zero-order valence-corrected chi connectivity index (χ0v) is 13.2. The molecule has 2 rings (SSSR count). The monoisotopic (exact) mass is 300 g/mol. The Labute approximate surface area is 121 Å². The summed E-state index contributed by atoms with van der Waals surface area (Å²) in [5.74, 6) is 0. The second-order valence-corrected chi connectivity index (χ2v) is 7.54. The summed E-state index contributed by atoms with van der Waals surface area (Å²) >= 11 is 0. The Morgan fingerprint density at radius 3 is 2.45 bits per heavy atom. The number of hydrogen-bond acceptors (Lipinski definition) is 4. The summed E-state index contributed by atoms with van der Waals surface area (Å²) in [6.45, 7) is 2.21. The average Bonchev–Trinajstić information content (AvgIpc) is 2.80. The molecule has 6 nitrogen and oxygen atoms in total. The third-order valence-corrected chi connectivity index (χ3v) is 6.05. The second kappa shape index (κ2) is 5.85. The lowest BCUT2D eigenvalue weighted by atomic mass is 10.1. The molecule has 0 atom stereocenters. The van der Waals surface area contributed by atoms with Crippen LogP contribution in [0.3, 0.4) is 0 Å². The van der Waals surface area contributed by atoms with E-state index in [-0.39, 0.29) is 6.04 Å². The highest BCUT2D eigenvalue weighted by atomic mass is 32.2. The normalized spacial score (nSPS) is 18.9. The van der Waals surface area contributed by atoms with Crippen molar-refractivity contribution < 1.29 is 8.42 Å². The van der Waals surface area contributed by atoms with E-state index in [0.29, 0.717) is 11.4 Å². The van der Waals surface area contributed by atoms with Gasteiger partial charge in [-0.25, -0.2) is 8.42 Å². The molecule has 1 aromatic heterocycles. The van der Waals surface area contributed by atoms with Crippen LogP contribution in [0.1, 0.15) is 18.5 Å². The summed E-state index contributed by atoms with van der Waals surface area (Å²) in [7, 11) is 2.13. The molecule has 2 heterocycles. The van der Waals surface area contributed by atoms with Crippen LogP contribution in [0.4, 0.5) is 0 Å². The first-order valence-corrected chi connectivity index (χ1v) is 8.32. The molecule has 1 saturated heterocycles. The zero-order chi connectivity index (χ0) is 14.9. The van der Waals surface area contributed by atoms with Gasteiger partial charge in [0.2, 0.25) is 10.0 Å². The van der Waals surface area contributed by atoms with Crippen LogP contribution >= 0.6 is 0 Å². The van der Waals surface area contributed by atoms with Crippen molar-refractivity contribution >= 4 is 10.0 Å². The third kappa shape index (κ3) is 2.90. The van der Waals surface area contributed by atoms with E-state index in [1.807, 2.05) is 7.05 Å². The molecule has 0 radical (unpaired) electrons. The number of nitrogens with zero attached hydrogens (tertiary/aromatic N) is 3. The van der Waals surface area contributed by atoms with Crippen LogP contribution in [0.2, 0.25) is 0 Å². The standard InChI is InChI=1S/C13H24N4O2S/c1-15-6-4-11(5-7-15)17(3)20(18,19)13-8-12(9-14)16(2)10-13/h8,10-11H,4-7,9,14H2,1-3H3. The van der Waals surface area contributed by atoms with Gasteiger partial charge in [-0.2, -0.15) is 4.31 Å². The summed E-state index contributed by atoms with van der Waals surface area (Å²) in [6.07, 6.45) is 3.40. The fourth-order valence-electron chi connectivity index (χ4n) is 2.64. The molecule has 20 heavy (non-hydrogen) atoms. The maximum Gasteiger partial charge on any atom is 0.244 e. The number of rotatable bonds is 4. The van der Waals surface area contributed by atoms with Crippen molar-refractivity contribution in [2.45, 2.75) is 30.3 Å². The first-order chi connectivity index (χ1) is 9.36. The van der Waals surface area contributed by atoms with Gasteiger partial charge in [-0.05, 0) is 39.0 Å². The first-order valence-electron chi connectivity index (χ1n) is 6.88. The minimum Gasteiger partial charge on any atom is -0.352 e. The Balaban J connectivity index is 2.20. The number of piperidine rings is 1. The van der Waals surface area contributed by atoms with E-state index < -0.39 is 10.0 Å². The molecule has 114 valence electrons. The molecule has 1 aliphatic rings. The highest BCUT2D eigenvalue weighted by Gasteiger charge is 2.30. The summed E-state index contributed by atoms with van der Waals surface area (Å²) < 4.78 is 28.6. The number of hydrogen-bond donors (Lipinski definition) is 1. The Hall–Kier alpha value is -0.890. The van der Waals surface area contributed by atoms with Crippen LogP contribution in [0.15, 0.2) is 17.2 Å². The van der Waals surface area contributed by atoms with Crippen molar-refractivity contribution in [3.8, 4) is 0 Å². The number of likely N-dealkylation sites (tertiary alicyclic amines) is 1. The van der Waals surface area contributed by atoms with Crippen LogP contribution < -0.4 is 5.73 Å². The topological polar surface area (TPSA) is 71.6 Å². The van der Waals surface area contributed by atoms with E-state index in [9.17, 15) is 8.42 Å². The van der Waals surface area contributed by atoms with Gasteiger partial charge >= 0.3 is 0 Å². The molecule has 0 saturated carbocycles. The molecule has 1 aliphatic heterocycles. The van der Waals surface area contributed by atoms with Gasteiger partial charge < -0.3 is 15.2 Å². The van der Waals surface area contributed by atoms with Crippen LogP contribution in [-0.4, -0.2) is 55.4 Å². The Morgan fingerprint density at radius 2 is 1.95 bits per heavy atom. The molecule has 7 heteroatoms. The van der Waals surface area contributed by atoms with Gasteiger partial charge in [0, 0.05) is 38.6 Å². The summed E-state index contributed by atoms with van der Waals surface area (Å²) in [5.41, 5.74) is 6.43. The van der Waals surface area contributed by atoms with Crippen LogP contribution in [0.25, 0.3) is 0 Å². The van der Waals surface area contributed by atoms with E-state index in [1.165, 1.54) is 4.31 Å².